The number of nitrogens with zero attached hydrogens (tertiary/aromatic N) is 1. The fraction of sp³-hybridized carbons (Fsp3) is 0.588. The van der Waals surface area contributed by atoms with Gasteiger partial charge in [0, 0.05) is 25.2 Å². The fourth-order valence-corrected chi connectivity index (χ4v) is 2.78. The fourth-order valence-electron chi connectivity index (χ4n) is 2.78. The van der Waals surface area contributed by atoms with E-state index in [1.807, 2.05) is 25.7 Å². The van der Waals surface area contributed by atoms with Gasteiger partial charge < -0.3 is 15.4 Å². The molecule has 2 N–H and O–H groups in total. The highest BCUT2D eigenvalue weighted by Crippen LogP contribution is 2.28. The number of nitrogens with two attached hydrogens (primary N) is 1. The molecule has 2 rings (SSSR count). The lowest BCUT2D eigenvalue weighted by molar-refractivity contribution is -0.156. The maximum atomic E-state index is 13.9. The SMILES string of the molecule is CC(C)(C)OC(=O)CC1CCN(c2ccc(N)cc2F)CC1. The zero-order valence-electron chi connectivity index (χ0n) is 13.6. The Morgan fingerprint density at radius 3 is 2.55 bits per heavy atom. The van der Waals surface area contributed by atoms with Gasteiger partial charge in [-0.3, -0.25) is 4.79 Å². The summed E-state index contributed by atoms with van der Waals surface area (Å²) in [4.78, 5) is 13.9. The molecule has 0 unspecified atom stereocenters. The maximum absolute atomic E-state index is 13.9. The smallest absolute Gasteiger partial charge is 0.306 e. The van der Waals surface area contributed by atoms with Crippen molar-refractivity contribution in [2.45, 2.75) is 45.6 Å². The van der Waals surface area contributed by atoms with Crippen LogP contribution in [0.2, 0.25) is 0 Å². The number of nitrogen functional groups attached to an aromatic ring is 1. The summed E-state index contributed by atoms with van der Waals surface area (Å²) in [6, 6.07) is 4.78. The minimum Gasteiger partial charge on any atom is -0.460 e. The number of benzene rings is 1. The first-order valence-corrected chi connectivity index (χ1v) is 7.76. The number of hydrogen-bond donors (Lipinski definition) is 1. The Morgan fingerprint density at radius 1 is 1.36 bits per heavy atom. The highest BCUT2D eigenvalue weighted by molar-refractivity contribution is 5.70. The molecule has 0 aliphatic carbocycles. The van der Waals surface area contributed by atoms with Crippen molar-refractivity contribution in [2.24, 2.45) is 5.92 Å². The number of piperidine rings is 1. The molecule has 0 saturated carbocycles. The lowest BCUT2D eigenvalue weighted by Crippen LogP contribution is -2.35. The third-order valence-corrected chi connectivity index (χ3v) is 3.80. The minimum absolute atomic E-state index is 0.149. The van der Waals surface area contributed by atoms with Crippen LogP contribution in [0.1, 0.15) is 40.0 Å². The van der Waals surface area contributed by atoms with Gasteiger partial charge in [0.2, 0.25) is 0 Å². The van der Waals surface area contributed by atoms with Crippen LogP contribution in [0.4, 0.5) is 15.8 Å². The Hall–Kier alpha value is -1.78. The molecule has 1 fully saturated rings. The standard InChI is InChI=1S/C17H25FN2O2/c1-17(2,3)22-16(21)10-12-6-8-20(9-7-12)15-5-4-13(19)11-14(15)18/h4-5,11-12H,6-10,19H2,1-3H3. The summed E-state index contributed by atoms with van der Waals surface area (Å²) in [5.41, 5.74) is 6.15. The third kappa shape index (κ3) is 4.61. The van der Waals surface area contributed by atoms with Crippen molar-refractivity contribution in [3.05, 3.63) is 24.0 Å². The van der Waals surface area contributed by atoms with Crippen molar-refractivity contribution in [3.8, 4) is 0 Å². The Balaban J connectivity index is 1.86. The molecular formula is C17H25FN2O2. The molecule has 0 radical (unpaired) electrons. The summed E-state index contributed by atoms with van der Waals surface area (Å²) in [5, 5.41) is 0. The summed E-state index contributed by atoms with van der Waals surface area (Å²) in [6.07, 6.45) is 2.17. The first-order valence-electron chi connectivity index (χ1n) is 7.76. The molecule has 0 bridgehead atoms. The highest BCUT2D eigenvalue weighted by Gasteiger charge is 2.25. The van der Waals surface area contributed by atoms with E-state index in [1.165, 1.54) is 6.07 Å². The van der Waals surface area contributed by atoms with E-state index in [2.05, 4.69) is 0 Å². The maximum Gasteiger partial charge on any atom is 0.306 e. The number of anilines is 2. The number of esters is 1. The van der Waals surface area contributed by atoms with E-state index < -0.39 is 5.60 Å². The predicted octanol–water partition coefficient (Wildman–Crippen LogP) is 3.36. The van der Waals surface area contributed by atoms with E-state index in [4.69, 9.17) is 10.5 Å². The largest absolute Gasteiger partial charge is 0.460 e. The zero-order chi connectivity index (χ0) is 16.3. The Morgan fingerprint density at radius 2 is 2.00 bits per heavy atom. The number of halogens is 1. The van der Waals surface area contributed by atoms with Crippen LogP contribution in [0.5, 0.6) is 0 Å². The molecule has 4 nitrogen and oxygen atoms in total. The van der Waals surface area contributed by atoms with Gasteiger partial charge in [-0.05, 0) is 57.7 Å². The summed E-state index contributed by atoms with van der Waals surface area (Å²) in [7, 11) is 0. The quantitative estimate of drug-likeness (QED) is 0.687. The molecule has 0 atom stereocenters. The van der Waals surface area contributed by atoms with Crippen LogP contribution in [0, 0.1) is 11.7 Å². The number of ether oxygens (including phenoxy) is 1. The average Bonchev–Trinajstić information content (AvgIpc) is 2.38. The van der Waals surface area contributed by atoms with Gasteiger partial charge >= 0.3 is 5.97 Å². The monoisotopic (exact) mass is 308 g/mol. The van der Waals surface area contributed by atoms with E-state index in [9.17, 15) is 9.18 Å². The average molecular weight is 308 g/mol. The zero-order valence-corrected chi connectivity index (χ0v) is 13.6. The molecule has 1 saturated heterocycles. The van der Waals surface area contributed by atoms with Crippen molar-refractivity contribution in [3.63, 3.8) is 0 Å². The molecule has 1 aliphatic rings. The van der Waals surface area contributed by atoms with Gasteiger partial charge in [0.15, 0.2) is 0 Å². The Bertz CT molecular complexity index is 532. The van der Waals surface area contributed by atoms with Gasteiger partial charge in [0.25, 0.3) is 0 Å². The van der Waals surface area contributed by atoms with Crippen LogP contribution in [0.25, 0.3) is 0 Å². The number of carbonyl (C=O) groups is 1. The summed E-state index contributed by atoms with van der Waals surface area (Å²) in [5.74, 6) is -0.127. The van der Waals surface area contributed by atoms with Crippen LogP contribution in [0.15, 0.2) is 18.2 Å². The van der Waals surface area contributed by atoms with Gasteiger partial charge in [0.1, 0.15) is 11.4 Å². The highest BCUT2D eigenvalue weighted by atomic mass is 19.1. The van der Waals surface area contributed by atoms with Crippen molar-refractivity contribution < 1.29 is 13.9 Å². The van der Waals surface area contributed by atoms with E-state index in [1.54, 1.807) is 12.1 Å². The number of hydrogen-bond acceptors (Lipinski definition) is 4. The van der Waals surface area contributed by atoms with Crippen molar-refractivity contribution in [1.29, 1.82) is 0 Å². The second-order valence-corrected chi connectivity index (χ2v) is 6.93. The molecule has 1 heterocycles. The van der Waals surface area contributed by atoms with Crippen molar-refractivity contribution in [2.75, 3.05) is 23.7 Å². The molecule has 0 amide bonds. The van der Waals surface area contributed by atoms with Crippen molar-refractivity contribution >= 4 is 17.3 Å². The lowest BCUT2D eigenvalue weighted by Gasteiger charge is -2.34. The molecule has 122 valence electrons. The van der Waals surface area contributed by atoms with Gasteiger partial charge in [-0.25, -0.2) is 4.39 Å². The van der Waals surface area contributed by atoms with Gasteiger partial charge in [-0.2, -0.15) is 0 Å². The molecule has 1 aromatic rings. The molecule has 1 aromatic carbocycles. The topological polar surface area (TPSA) is 55.6 Å². The normalized spacial score (nSPS) is 16.6. The first-order chi connectivity index (χ1) is 10.2. The Labute approximate surface area is 131 Å². The summed E-state index contributed by atoms with van der Waals surface area (Å²) < 4.78 is 19.3. The molecular weight excluding hydrogens is 283 g/mol. The third-order valence-electron chi connectivity index (χ3n) is 3.80. The molecule has 5 heteroatoms. The van der Waals surface area contributed by atoms with E-state index in [0.717, 1.165) is 25.9 Å². The van der Waals surface area contributed by atoms with Crippen LogP contribution in [0.3, 0.4) is 0 Å². The van der Waals surface area contributed by atoms with Gasteiger partial charge in [-0.1, -0.05) is 0 Å². The van der Waals surface area contributed by atoms with E-state index in [0.29, 0.717) is 23.7 Å². The second kappa shape index (κ2) is 6.55. The first kappa shape index (κ1) is 16.6. The second-order valence-electron chi connectivity index (χ2n) is 6.93. The minimum atomic E-state index is -0.440. The predicted molar refractivity (Wildman–Crippen MR) is 86.2 cm³/mol. The molecule has 22 heavy (non-hydrogen) atoms. The number of rotatable bonds is 3. The van der Waals surface area contributed by atoms with Crippen LogP contribution in [-0.2, 0) is 9.53 Å². The molecule has 0 aromatic heterocycles. The molecule has 1 aliphatic heterocycles. The van der Waals surface area contributed by atoms with E-state index in [-0.39, 0.29) is 11.8 Å². The lowest BCUT2D eigenvalue weighted by atomic mass is 9.93. The number of carbonyl (C=O) groups excluding carboxylic acids is 1. The van der Waals surface area contributed by atoms with Gasteiger partial charge in [-0.15, -0.1) is 0 Å². The summed E-state index contributed by atoms with van der Waals surface area (Å²) in [6.45, 7) is 7.11. The van der Waals surface area contributed by atoms with E-state index >= 15 is 0 Å². The van der Waals surface area contributed by atoms with Crippen LogP contribution in [-0.4, -0.2) is 24.7 Å². The molecule has 0 spiro atoms. The summed E-state index contributed by atoms with van der Waals surface area (Å²) >= 11 is 0. The van der Waals surface area contributed by atoms with Crippen LogP contribution < -0.4 is 10.6 Å². The Kier molecular flexibility index (Phi) is 4.94. The van der Waals surface area contributed by atoms with Crippen molar-refractivity contribution in [1.82, 2.24) is 0 Å². The van der Waals surface area contributed by atoms with Gasteiger partial charge in [0.05, 0.1) is 5.69 Å². The van der Waals surface area contributed by atoms with Crippen LogP contribution >= 0.6 is 0 Å².